The van der Waals surface area contributed by atoms with Gasteiger partial charge < -0.3 is 9.84 Å². The highest BCUT2D eigenvalue weighted by Crippen LogP contribution is 2.38. The van der Waals surface area contributed by atoms with Gasteiger partial charge in [0.05, 0.1) is 16.2 Å². The molecule has 0 radical (unpaired) electrons. The van der Waals surface area contributed by atoms with E-state index in [1.165, 1.54) is 18.2 Å². The number of aliphatic carboxylic acids is 1. The van der Waals surface area contributed by atoms with Crippen molar-refractivity contribution in [2.24, 2.45) is 0 Å². The van der Waals surface area contributed by atoms with Crippen LogP contribution in [0.25, 0.3) is 6.08 Å². The molecule has 2 aromatic carbocycles. The quantitative estimate of drug-likeness (QED) is 0.456. The molecule has 162 valence electrons. The number of carbonyl (C=O) groups is 2. The van der Waals surface area contributed by atoms with Crippen LogP contribution in [0.5, 0.6) is 5.75 Å². The van der Waals surface area contributed by atoms with Gasteiger partial charge in [-0.15, -0.1) is 0 Å². The Bertz CT molecular complexity index is 1070. The number of rotatable bonds is 6. The second-order valence-electron chi connectivity index (χ2n) is 6.49. The van der Waals surface area contributed by atoms with Crippen LogP contribution in [-0.2, 0) is 15.8 Å². The number of hydrogen-bond acceptors (Lipinski definition) is 5. The summed E-state index contributed by atoms with van der Waals surface area (Å²) in [6, 6.07) is 10.9. The number of carboxylic acid groups (broad SMARTS) is 1. The Morgan fingerprint density at radius 2 is 1.97 bits per heavy atom. The molecular formula is C21H16F3NO4S2. The molecule has 31 heavy (non-hydrogen) atoms. The number of nitrogens with zero attached hydrogens (tertiary/aromatic N) is 1. The van der Waals surface area contributed by atoms with Gasteiger partial charge in [-0.05, 0) is 48.4 Å². The van der Waals surface area contributed by atoms with Crippen molar-refractivity contribution in [3.05, 3.63) is 64.6 Å². The van der Waals surface area contributed by atoms with Gasteiger partial charge in [0.1, 0.15) is 5.75 Å². The van der Waals surface area contributed by atoms with Crippen LogP contribution in [0.1, 0.15) is 24.5 Å². The second-order valence-corrected chi connectivity index (χ2v) is 8.17. The van der Waals surface area contributed by atoms with Crippen LogP contribution in [-0.4, -0.2) is 27.4 Å². The maximum Gasteiger partial charge on any atom is 0.416 e. The summed E-state index contributed by atoms with van der Waals surface area (Å²) in [7, 11) is 0. The summed E-state index contributed by atoms with van der Waals surface area (Å²) >= 11 is 6.18. The summed E-state index contributed by atoms with van der Waals surface area (Å²) < 4.78 is 44.6. The number of thioether (sulfide) groups is 1. The summed E-state index contributed by atoms with van der Waals surface area (Å²) in [5.74, 6) is -1.32. The monoisotopic (exact) mass is 467 g/mol. The zero-order valence-corrected chi connectivity index (χ0v) is 17.7. The molecule has 1 unspecified atom stereocenters. The predicted octanol–water partition coefficient (Wildman–Crippen LogP) is 5.35. The van der Waals surface area contributed by atoms with Crippen molar-refractivity contribution in [1.82, 2.24) is 0 Å². The number of thiocarbonyl (C=S) groups is 1. The minimum atomic E-state index is -4.54. The fourth-order valence-corrected chi connectivity index (χ4v) is 4.11. The van der Waals surface area contributed by atoms with Crippen LogP contribution >= 0.6 is 24.0 Å². The topological polar surface area (TPSA) is 66.8 Å². The number of hydrogen-bond donors (Lipinski definition) is 1. The van der Waals surface area contributed by atoms with E-state index < -0.39 is 29.7 Å². The number of amides is 1. The van der Waals surface area contributed by atoms with E-state index >= 15 is 0 Å². The molecule has 1 fully saturated rings. The van der Waals surface area contributed by atoms with Crippen LogP contribution in [0.3, 0.4) is 0 Å². The molecule has 1 amide bonds. The molecule has 1 saturated heterocycles. The molecule has 5 nitrogen and oxygen atoms in total. The number of halogens is 3. The van der Waals surface area contributed by atoms with Crippen molar-refractivity contribution in [2.75, 3.05) is 4.90 Å². The smallest absolute Gasteiger partial charge is 0.416 e. The maximum atomic E-state index is 13.0. The summed E-state index contributed by atoms with van der Waals surface area (Å²) in [6.45, 7) is 1.68. The lowest BCUT2D eigenvalue weighted by Crippen LogP contribution is -2.27. The molecule has 1 heterocycles. The largest absolute Gasteiger partial charge is 0.479 e. The highest BCUT2D eigenvalue weighted by Gasteiger charge is 2.36. The lowest BCUT2D eigenvalue weighted by molar-refractivity contribution is -0.145. The van der Waals surface area contributed by atoms with E-state index in [9.17, 15) is 22.8 Å². The van der Waals surface area contributed by atoms with Crippen LogP contribution in [0.2, 0.25) is 0 Å². The fraction of sp³-hybridized carbons (Fsp3) is 0.190. The first kappa shape index (κ1) is 22.8. The van der Waals surface area contributed by atoms with Crippen LogP contribution in [0.15, 0.2) is 53.4 Å². The number of benzene rings is 2. The van der Waals surface area contributed by atoms with Gasteiger partial charge in [-0.3, -0.25) is 9.69 Å². The van der Waals surface area contributed by atoms with E-state index in [0.29, 0.717) is 11.3 Å². The second kappa shape index (κ2) is 9.11. The lowest BCUT2D eigenvalue weighted by atomic mass is 10.1. The molecule has 10 heteroatoms. The summed E-state index contributed by atoms with van der Waals surface area (Å²) in [5, 5.41) is 9.13. The predicted molar refractivity (Wildman–Crippen MR) is 116 cm³/mol. The molecule has 0 aliphatic carbocycles. The van der Waals surface area contributed by atoms with Crippen LogP contribution < -0.4 is 9.64 Å². The van der Waals surface area contributed by atoms with E-state index in [0.717, 1.165) is 28.8 Å². The Morgan fingerprint density at radius 3 is 2.61 bits per heavy atom. The highest BCUT2D eigenvalue weighted by molar-refractivity contribution is 8.27. The minimum absolute atomic E-state index is 0.0325. The van der Waals surface area contributed by atoms with Crippen LogP contribution in [0, 0.1) is 0 Å². The first-order valence-corrected chi connectivity index (χ1v) is 10.3. The zero-order valence-electron chi connectivity index (χ0n) is 16.1. The van der Waals surface area contributed by atoms with E-state index in [1.807, 2.05) is 0 Å². The standard InChI is InChI=1S/C21H16F3NO4S2/c1-2-16(19(27)28)29-15-8-3-5-12(9-15)10-17-18(26)25(20(30)31-17)14-7-4-6-13(11-14)21(22,23)24/h3-11,16H,2H2,1H3,(H,27,28)/b17-10+. The van der Waals surface area contributed by atoms with Gasteiger partial charge in [-0.1, -0.05) is 49.1 Å². The van der Waals surface area contributed by atoms with E-state index in [-0.39, 0.29) is 21.3 Å². The van der Waals surface area contributed by atoms with Gasteiger partial charge in [0.25, 0.3) is 5.91 Å². The van der Waals surface area contributed by atoms with Crippen molar-refractivity contribution in [3.63, 3.8) is 0 Å². The molecule has 0 bridgehead atoms. The maximum absolute atomic E-state index is 13.0. The van der Waals surface area contributed by atoms with E-state index in [1.54, 1.807) is 31.2 Å². The molecule has 1 aliphatic heterocycles. The molecule has 0 aromatic heterocycles. The molecule has 1 atom stereocenters. The third-order valence-electron chi connectivity index (χ3n) is 4.31. The Balaban J connectivity index is 1.86. The van der Waals surface area contributed by atoms with Crippen molar-refractivity contribution >= 4 is 51.9 Å². The Labute approximate surface area is 185 Å². The van der Waals surface area contributed by atoms with Crippen molar-refractivity contribution in [2.45, 2.75) is 25.6 Å². The molecule has 0 spiro atoms. The molecular weight excluding hydrogens is 451 g/mol. The average molecular weight is 467 g/mol. The lowest BCUT2D eigenvalue weighted by Gasteiger charge is -2.16. The number of anilines is 1. The van der Waals surface area contributed by atoms with Gasteiger partial charge in [-0.2, -0.15) is 13.2 Å². The number of alkyl halides is 3. The first-order valence-electron chi connectivity index (χ1n) is 9.05. The SMILES string of the molecule is CCC(Oc1cccc(/C=C2/SC(=S)N(c3cccc(C(F)(F)F)c3)C2=O)c1)C(=O)O. The van der Waals surface area contributed by atoms with Crippen LogP contribution in [0.4, 0.5) is 18.9 Å². The first-order chi connectivity index (χ1) is 14.6. The molecule has 2 aromatic rings. The Kier molecular flexibility index (Phi) is 6.71. The van der Waals surface area contributed by atoms with Gasteiger partial charge >= 0.3 is 12.1 Å². The number of carboxylic acids is 1. The van der Waals surface area contributed by atoms with Crippen molar-refractivity contribution in [3.8, 4) is 5.75 Å². The van der Waals surface area contributed by atoms with Crippen molar-refractivity contribution < 1.29 is 32.6 Å². The Morgan fingerprint density at radius 1 is 1.26 bits per heavy atom. The fourth-order valence-electron chi connectivity index (χ4n) is 2.81. The molecule has 0 saturated carbocycles. The zero-order chi connectivity index (χ0) is 22.8. The highest BCUT2D eigenvalue weighted by atomic mass is 32.2. The van der Waals surface area contributed by atoms with Gasteiger partial charge in [0.15, 0.2) is 10.4 Å². The summed E-state index contributed by atoms with van der Waals surface area (Å²) in [4.78, 5) is 25.3. The van der Waals surface area contributed by atoms with Gasteiger partial charge in [-0.25, -0.2) is 4.79 Å². The third kappa shape index (κ3) is 5.26. The normalized spacial score (nSPS) is 16.6. The van der Waals surface area contributed by atoms with Crippen molar-refractivity contribution in [1.29, 1.82) is 0 Å². The minimum Gasteiger partial charge on any atom is -0.479 e. The third-order valence-corrected chi connectivity index (χ3v) is 5.61. The molecule has 3 rings (SSSR count). The Hall–Kier alpha value is -2.85. The average Bonchev–Trinajstić information content (AvgIpc) is 2.98. The molecule has 1 aliphatic rings. The van der Waals surface area contributed by atoms with E-state index in [4.69, 9.17) is 22.1 Å². The number of carbonyl (C=O) groups excluding carboxylic acids is 1. The van der Waals surface area contributed by atoms with E-state index in [2.05, 4.69) is 0 Å². The molecule has 1 N–H and O–H groups in total. The summed E-state index contributed by atoms with van der Waals surface area (Å²) in [5.41, 5.74) is -0.288. The summed E-state index contributed by atoms with van der Waals surface area (Å²) in [6.07, 6.45) is -3.75. The number of ether oxygens (including phenoxy) is 1. The van der Waals surface area contributed by atoms with Gasteiger partial charge in [0.2, 0.25) is 0 Å². The van der Waals surface area contributed by atoms with Gasteiger partial charge in [0, 0.05) is 0 Å².